The molecule has 0 spiro atoms. The maximum atomic E-state index is 12.0. The lowest BCUT2D eigenvalue weighted by atomic mass is 10.0. The van der Waals surface area contributed by atoms with Gasteiger partial charge in [-0.15, -0.1) is 4.28 Å². The number of hydrogen-bond acceptors (Lipinski definition) is 7. The number of carbonyl (C=O) groups is 1. The number of piperidine rings is 1. The van der Waals surface area contributed by atoms with Gasteiger partial charge in [0.1, 0.15) is 6.04 Å². The van der Waals surface area contributed by atoms with Crippen LogP contribution in [-0.4, -0.2) is 49.6 Å². The van der Waals surface area contributed by atoms with E-state index in [1.165, 1.54) is 4.90 Å². The van der Waals surface area contributed by atoms with Crippen LogP contribution >= 0.6 is 0 Å². The van der Waals surface area contributed by atoms with Crippen LogP contribution in [0, 0.1) is 11.3 Å². The van der Waals surface area contributed by atoms with Gasteiger partial charge in [0.15, 0.2) is 0 Å². The SMILES string of the molecule is CCCCNOS(=O)(=O)ON1C(=O)N2C[C@H]1CC[C@H]2C#N. The number of nitriles is 1. The van der Waals surface area contributed by atoms with Gasteiger partial charge in [-0.25, -0.2) is 4.79 Å². The molecule has 0 aromatic rings. The molecule has 21 heavy (non-hydrogen) atoms. The predicted octanol–water partition coefficient (Wildman–Crippen LogP) is 0.276. The number of carbonyl (C=O) groups excluding carboxylic acids is 1. The van der Waals surface area contributed by atoms with Gasteiger partial charge in [0, 0.05) is 13.1 Å². The normalized spacial score (nSPS) is 25.2. The minimum absolute atomic E-state index is 0.288. The van der Waals surface area contributed by atoms with E-state index >= 15 is 0 Å². The van der Waals surface area contributed by atoms with Gasteiger partial charge in [0.25, 0.3) is 0 Å². The molecule has 2 saturated heterocycles. The summed E-state index contributed by atoms with van der Waals surface area (Å²) in [4.78, 5) is 13.4. The van der Waals surface area contributed by atoms with Crippen molar-refractivity contribution in [2.45, 2.75) is 44.7 Å². The van der Waals surface area contributed by atoms with Crippen LogP contribution < -0.4 is 5.48 Å². The second-order valence-electron chi connectivity index (χ2n) is 4.95. The van der Waals surface area contributed by atoms with Crippen molar-refractivity contribution >= 4 is 16.4 Å². The molecular weight excluding hydrogens is 300 g/mol. The summed E-state index contributed by atoms with van der Waals surface area (Å²) < 4.78 is 32.5. The Morgan fingerprint density at radius 2 is 2.24 bits per heavy atom. The maximum Gasteiger partial charge on any atom is 0.437 e. The fourth-order valence-corrected chi connectivity index (χ4v) is 2.98. The molecule has 2 rings (SSSR count). The molecule has 0 radical (unpaired) electrons. The van der Waals surface area contributed by atoms with E-state index in [9.17, 15) is 13.2 Å². The van der Waals surface area contributed by atoms with Gasteiger partial charge in [-0.05, 0) is 19.3 Å². The lowest BCUT2D eigenvalue weighted by Crippen LogP contribution is -2.39. The number of nitrogens with zero attached hydrogens (tertiary/aromatic N) is 3. The van der Waals surface area contributed by atoms with Gasteiger partial charge in [-0.1, -0.05) is 13.3 Å². The second kappa shape index (κ2) is 6.57. The van der Waals surface area contributed by atoms with E-state index < -0.39 is 22.5 Å². The fraction of sp³-hybridized carbons (Fsp3) is 0.818. The molecule has 2 bridgehead atoms. The molecule has 118 valence electrons. The molecular formula is C11H18N4O5S. The van der Waals surface area contributed by atoms with Crippen LogP contribution in [0.15, 0.2) is 0 Å². The van der Waals surface area contributed by atoms with E-state index in [-0.39, 0.29) is 12.6 Å². The molecule has 0 unspecified atom stereocenters. The topological polar surface area (TPSA) is 112 Å². The van der Waals surface area contributed by atoms with E-state index in [4.69, 9.17) is 9.55 Å². The molecule has 10 heteroatoms. The van der Waals surface area contributed by atoms with Gasteiger partial charge >= 0.3 is 16.4 Å². The molecule has 2 aliphatic heterocycles. The first-order chi connectivity index (χ1) is 9.98. The van der Waals surface area contributed by atoms with Crippen molar-refractivity contribution in [3.63, 3.8) is 0 Å². The van der Waals surface area contributed by atoms with Crippen LogP contribution in [0.4, 0.5) is 4.79 Å². The van der Waals surface area contributed by atoms with Gasteiger partial charge in [0.05, 0.1) is 12.1 Å². The van der Waals surface area contributed by atoms with Crippen LogP contribution in [0.25, 0.3) is 0 Å². The first-order valence-electron chi connectivity index (χ1n) is 6.84. The number of urea groups is 1. The highest BCUT2D eigenvalue weighted by Gasteiger charge is 2.47. The zero-order valence-corrected chi connectivity index (χ0v) is 12.5. The zero-order valence-electron chi connectivity index (χ0n) is 11.7. The Labute approximate surface area is 123 Å². The molecule has 2 amide bonds. The number of fused-ring (bicyclic) bond motifs is 2. The maximum absolute atomic E-state index is 12.0. The summed E-state index contributed by atoms with van der Waals surface area (Å²) >= 11 is 0. The third kappa shape index (κ3) is 3.62. The van der Waals surface area contributed by atoms with Crippen LogP contribution in [0.2, 0.25) is 0 Å². The van der Waals surface area contributed by atoms with Crippen LogP contribution in [0.5, 0.6) is 0 Å². The first-order valence-corrected chi connectivity index (χ1v) is 8.17. The number of rotatable bonds is 7. The Balaban J connectivity index is 1.94. The van der Waals surface area contributed by atoms with E-state index in [2.05, 4.69) is 9.76 Å². The van der Waals surface area contributed by atoms with Crippen molar-refractivity contribution in [2.75, 3.05) is 13.1 Å². The smallest absolute Gasteiger partial charge is 0.305 e. The average Bonchev–Trinajstić information content (AvgIpc) is 2.69. The van der Waals surface area contributed by atoms with Crippen molar-refractivity contribution in [3.05, 3.63) is 0 Å². The van der Waals surface area contributed by atoms with Crippen LogP contribution in [-0.2, 0) is 19.0 Å². The highest BCUT2D eigenvalue weighted by molar-refractivity contribution is 7.81. The van der Waals surface area contributed by atoms with Crippen molar-refractivity contribution < 1.29 is 21.8 Å². The quantitative estimate of drug-likeness (QED) is 0.530. The van der Waals surface area contributed by atoms with Crippen LogP contribution in [0.1, 0.15) is 32.6 Å². The van der Waals surface area contributed by atoms with Gasteiger partial charge in [-0.3, -0.25) is 0 Å². The molecule has 0 aromatic heterocycles. The molecule has 1 N–H and O–H groups in total. The average molecular weight is 318 g/mol. The van der Waals surface area contributed by atoms with Crippen LogP contribution in [0.3, 0.4) is 0 Å². The monoisotopic (exact) mass is 318 g/mol. The summed E-state index contributed by atoms with van der Waals surface area (Å²) in [5, 5.41) is 9.74. The van der Waals surface area contributed by atoms with E-state index in [0.29, 0.717) is 19.4 Å². The molecule has 2 fully saturated rings. The highest BCUT2D eigenvalue weighted by Crippen LogP contribution is 2.30. The summed E-state index contributed by atoms with van der Waals surface area (Å²) in [5.74, 6) is 0. The zero-order chi connectivity index (χ0) is 15.5. The minimum Gasteiger partial charge on any atom is -0.305 e. The molecule has 2 atom stereocenters. The number of unbranched alkanes of at least 4 members (excludes halogenated alkanes) is 1. The summed E-state index contributed by atoms with van der Waals surface area (Å²) in [6.07, 6.45) is 2.65. The summed E-state index contributed by atoms with van der Waals surface area (Å²) in [7, 11) is -4.36. The van der Waals surface area contributed by atoms with Gasteiger partial charge in [-0.2, -0.15) is 28.5 Å². The molecule has 0 aliphatic carbocycles. The Hall–Kier alpha value is -1.41. The Kier molecular flexibility index (Phi) is 5.00. The summed E-state index contributed by atoms with van der Waals surface area (Å²) in [6.45, 7) is 2.60. The fourth-order valence-electron chi connectivity index (χ4n) is 2.34. The number of hydroxylamine groups is 3. The van der Waals surface area contributed by atoms with Crippen molar-refractivity contribution in [3.8, 4) is 6.07 Å². The Bertz CT molecular complexity index is 531. The van der Waals surface area contributed by atoms with E-state index in [0.717, 1.165) is 17.9 Å². The lowest BCUT2D eigenvalue weighted by Gasteiger charge is -2.24. The van der Waals surface area contributed by atoms with E-state index in [1.54, 1.807) is 0 Å². The Morgan fingerprint density at radius 1 is 1.48 bits per heavy atom. The molecule has 0 aromatic carbocycles. The predicted molar refractivity (Wildman–Crippen MR) is 70.4 cm³/mol. The standard InChI is InChI=1S/C11H18N4O5S/c1-2-3-6-13-19-21(17,18)20-15-10-5-4-9(7-12)14(8-10)11(15)16/h9-10,13H,2-6,8H2,1H3/t9-,10+/m0/s1. The molecule has 9 nitrogen and oxygen atoms in total. The largest absolute Gasteiger partial charge is 0.437 e. The van der Waals surface area contributed by atoms with E-state index in [1.807, 2.05) is 13.0 Å². The third-order valence-electron chi connectivity index (χ3n) is 3.44. The third-order valence-corrected chi connectivity index (χ3v) is 4.10. The number of hydrogen-bond donors (Lipinski definition) is 1. The highest BCUT2D eigenvalue weighted by atomic mass is 32.3. The molecule has 0 saturated carbocycles. The first kappa shape index (κ1) is 16.0. The number of amides is 2. The number of nitrogens with one attached hydrogen (secondary N) is 1. The summed E-state index contributed by atoms with van der Waals surface area (Å²) in [5.41, 5.74) is 2.28. The second-order valence-corrected chi connectivity index (χ2v) is 6.08. The molecule has 2 heterocycles. The molecule has 2 aliphatic rings. The minimum atomic E-state index is -4.36. The van der Waals surface area contributed by atoms with Crippen molar-refractivity contribution in [1.29, 1.82) is 5.26 Å². The van der Waals surface area contributed by atoms with Gasteiger partial charge in [0.2, 0.25) is 0 Å². The lowest BCUT2D eigenvalue weighted by molar-refractivity contribution is -0.0425. The van der Waals surface area contributed by atoms with Crippen molar-refractivity contribution in [2.24, 2.45) is 0 Å². The summed E-state index contributed by atoms with van der Waals surface area (Å²) in [6, 6.07) is 0.491. The van der Waals surface area contributed by atoms with Gasteiger partial charge < -0.3 is 4.90 Å². The van der Waals surface area contributed by atoms with Crippen molar-refractivity contribution in [1.82, 2.24) is 15.4 Å². The Morgan fingerprint density at radius 3 is 2.90 bits per heavy atom.